The first-order valence-electron chi connectivity index (χ1n) is 7.72. The molecule has 0 saturated heterocycles. The molecule has 1 aromatic heterocycles. The number of carboxylic acids is 1. The fourth-order valence-electron chi connectivity index (χ4n) is 3.17. The summed E-state index contributed by atoms with van der Waals surface area (Å²) >= 11 is 0. The minimum Gasteiger partial charge on any atom is -0.478 e. The van der Waals surface area contributed by atoms with Crippen molar-refractivity contribution in [3.63, 3.8) is 0 Å². The van der Waals surface area contributed by atoms with Gasteiger partial charge in [0.25, 0.3) is 0 Å². The van der Waals surface area contributed by atoms with Crippen molar-refractivity contribution in [2.75, 3.05) is 0 Å². The second kappa shape index (κ2) is 5.70. The minimum absolute atomic E-state index is 0.0744. The minimum atomic E-state index is -1.24. The number of hydrogen-bond acceptors (Lipinski definition) is 1. The Balaban J connectivity index is 1.86. The summed E-state index contributed by atoms with van der Waals surface area (Å²) in [7, 11) is 0. The quantitative estimate of drug-likeness (QED) is 0.582. The topological polar surface area (TPSA) is 42.2 Å². The van der Waals surface area contributed by atoms with Gasteiger partial charge in [0.05, 0.1) is 16.5 Å². The van der Waals surface area contributed by atoms with Crippen LogP contribution < -0.4 is 0 Å². The molecule has 5 heteroatoms. The van der Waals surface area contributed by atoms with Gasteiger partial charge in [0.2, 0.25) is 0 Å². The van der Waals surface area contributed by atoms with Crippen LogP contribution in [0.2, 0.25) is 0 Å². The molecule has 4 aromatic rings. The first kappa shape index (κ1) is 15.3. The Hall–Kier alpha value is -3.21. The third-order valence-corrected chi connectivity index (χ3v) is 4.30. The maximum absolute atomic E-state index is 14.1. The Morgan fingerprint density at radius 1 is 1.00 bits per heavy atom. The van der Waals surface area contributed by atoms with Crippen molar-refractivity contribution in [2.24, 2.45) is 0 Å². The van der Waals surface area contributed by atoms with Crippen molar-refractivity contribution in [3.05, 3.63) is 83.6 Å². The largest absolute Gasteiger partial charge is 0.478 e. The SMILES string of the molecule is O=C(O)c1cn(Cc2ccc3ccccc3c2)c2cc(F)cc(F)c12. The van der Waals surface area contributed by atoms with Crippen LogP contribution in [0.1, 0.15) is 15.9 Å². The van der Waals surface area contributed by atoms with Gasteiger partial charge in [0.1, 0.15) is 11.6 Å². The monoisotopic (exact) mass is 337 g/mol. The Kier molecular flexibility index (Phi) is 3.50. The predicted molar refractivity (Wildman–Crippen MR) is 91.9 cm³/mol. The number of carbonyl (C=O) groups is 1. The van der Waals surface area contributed by atoms with Gasteiger partial charge in [-0.25, -0.2) is 13.6 Å². The molecule has 0 unspecified atom stereocenters. The van der Waals surface area contributed by atoms with Crippen molar-refractivity contribution in [3.8, 4) is 0 Å². The second-order valence-corrected chi connectivity index (χ2v) is 5.94. The highest BCUT2D eigenvalue weighted by Gasteiger charge is 2.19. The first-order valence-corrected chi connectivity index (χ1v) is 7.72. The molecule has 0 spiro atoms. The van der Waals surface area contributed by atoms with E-state index in [0.717, 1.165) is 22.4 Å². The zero-order valence-electron chi connectivity index (χ0n) is 13.0. The molecule has 0 aliphatic heterocycles. The van der Waals surface area contributed by atoms with Gasteiger partial charge in [-0.05, 0) is 28.5 Å². The third kappa shape index (κ3) is 2.63. The molecule has 1 heterocycles. The lowest BCUT2D eigenvalue weighted by atomic mass is 10.1. The van der Waals surface area contributed by atoms with E-state index in [0.29, 0.717) is 12.6 Å². The summed E-state index contributed by atoms with van der Waals surface area (Å²) in [5.41, 5.74) is 0.966. The summed E-state index contributed by atoms with van der Waals surface area (Å²) in [6.45, 7) is 0.317. The maximum atomic E-state index is 14.1. The van der Waals surface area contributed by atoms with Crippen LogP contribution in [0.5, 0.6) is 0 Å². The molecule has 0 radical (unpaired) electrons. The van der Waals surface area contributed by atoms with E-state index >= 15 is 0 Å². The molecule has 0 aliphatic carbocycles. The Morgan fingerprint density at radius 3 is 2.52 bits per heavy atom. The molecule has 124 valence electrons. The third-order valence-electron chi connectivity index (χ3n) is 4.30. The highest BCUT2D eigenvalue weighted by atomic mass is 19.1. The van der Waals surface area contributed by atoms with E-state index in [9.17, 15) is 18.7 Å². The molecule has 3 aromatic carbocycles. The summed E-state index contributed by atoms with van der Waals surface area (Å²) in [6, 6.07) is 15.6. The predicted octanol–water partition coefficient (Wildman–Crippen LogP) is 4.82. The molecule has 0 bridgehead atoms. The smallest absolute Gasteiger partial charge is 0.337 e. The number of nitrogens with zero attached hydrogens (tertiary/aromatic N) is 1. The summed E-state index contributed by atoms with van der Waals surface area (Å²) in [5, 5.41) is 11.4. The van der Waals surface area contributed by atoms with E-state index in [2.05, 4.69) is 0 Å². The molecule has 0 saturated carbocycles. The number of carboxylic acid groups (broad SMARTS) is 1. The summed E-state index contributed by atoms with van der Waals surface area (Å²) in [4.78, 5) is 11.4. The van der Waals surface area contributed by atoms with Crippen LogP contribution in [-0.4, -0.2) is 15.6 Å². The fraction of sp³-hybridized carbons (Fsp3) is 0.0500. The van der Waals surface area contributed by atoms with Crippen LogP contribution in [0.4, 0.5) is 8.78 Å². The Bertz CT molecular complexity index is 1130. The van der Waals surface area contributed by atoms with Crippen LogP contribution in [-0.2, 0) is 6.54 Å². The number of aromatic carboxylic acids is 1. The molecule has 25 heavy (non-hydrogen) atoms. The molecule has 0 fully saturated rings. The van der Waals surface area contributed by atoms with E-state index in [1.54, 1.807) is 4.57 Å². The lowest BCUT2D eigenvalue weighted by Gasteiger charge is -2.07. The van der Waals surface area contributed by atoms with E-state index in [-0.39, 0.29) is 16.5 Å². The molecule has 0 amide bonds. The van der Waals surface area contributed by atoms with Gasteiger partial charge in [-0.2, -0.15) is 0 Å². The summed E-state index contributed by atoms with van der Waals surface area (Å²) in [5.74, 6) is -2.85. The van der Waals surface area contributed by atoms with Gasteiger partial charge in [-0.15, -0.1) is 0 Å². The standard InChI is InChI=1S/C20H13F2NO2/c21-15-8-17(22)19-16(20(24)25)11-23(18(19)9-15)10-12-5-6-13-3-1-2-4-14(13)7-12/h1-9,11H,10H2,(H,24,25). The molecule has 0 aliphatic rings. The van der Waals surface area contributed by atoms with Gasteiger partial charge >= 0.3 is 5.97 Å². The number of aromatic nitrogens is 1. The van der Waals surface area contributed by atoms with Gasteiger partial charge < -0.3 is 9.67 Å². The fourth-order valence-corrected chi connectivity index (χ4v) is 3.17. The zero-order chi connectivity index (χ0) is 17.6. The van der Waals surface area contributed by atoms with Gasteiger partial charge in [-0.1, -0.05) is 36.4 Å². The van der Waals surface area contributed by atoms with E-state index < -0.39 is 17.6 Å². The lowest BCUT2D eigenvalue weighted by Crippen LogP contribution is -1.99. The van der Waals surface area contributed by atoms with Crippen LogP contribution in [0.15, 0.2) is 60.8 Å². The Morgan fingerprint density at radius 2 is 1.76 bits per heavy atom. The number of rotatable bonds is 3. The van der Waals surface area contributed by atoms with Crippen molar-refractivity contribution < 1.29 is 18.7 Å². The summed E-state index contributed by atoms with van der Waals surface area (Å²) < 4.78 is 29.3. The van der Waals surface area contributed by atoms with Gasteiger partial charge in [0.15, 0.2) is 0 Å². The van der Waals surface area contributed by atoms with Crippen molar-refractivity contribution in [1.82, 2.24) is 4.57 Å². The van der Waals surface area contributed by atoms with Crippen molar-refractivity contribution in [1.29, 1.82) is 0 Å². The zero-order valence-corrected chi connectivity index (χ0v) is 13.0. The molecule has 0 atom stereocenters. The molecular weight excluding hydrogens is 324 g/mol. The molecule has 4 rings (SSSR count). The van der Waals surface area contributed by atoms with Crippen LogP contribution in [0.3, 0.4) is 0 Å². The van der Waals surface area contributed by atoms with E-state index in [1.807, 2.05) is 42.5 Å². The number of hydrogen-bond donors (Lipinski definition) is 1. The number of halogens is 2. The molecular formula is C20H13F2NO2. The highest BCUT2D eigenvalue weighted by Crippen LogP contribution is 2.27. The number of fused-ring (bicyclic) bond motifs is 2. The second-order valence-electron chi connectivity index (χ2n) is 5.94. The average Bonchev–Trinajstić information content (AvgIpc) is 2.94. The van der Waals surface area contributed by atoms with E-state index in [1.165, 1.54) is 6.20 Å². The molecule has 1 N–H and O–H groups in total. The van der Waals surface area contributed by atoms with Crippen molar-refractivity contribution >= 4 is 27.6 Å². The highest BCUT2D eigenvalue weighted by molar-refractivity contribution is 6.03. The van der Waals surface area contributed by atoms with Gasteiger partial charge in [-0.3, -0.25) is 0 Å². The normalized spacial score (nSPS) is 11.3. The lowest BCUT2D eigenvalue weighted by molar-refractivity contribution is 0.0698. The Labute approximate surface area is 141 Å². The first-order chi connectivity index (χ1) is 12.0. The van der Waals surface area contributed by atoms with Crippen LogP contribution in [0, 0.1) is 11.6 Å². The van der Waals surface area contributed by atoms with E-state index in [4.69, 9.17) is 0 Å². The summed E-state index contributed by atoms with van der Waals surface area (Å²) in [6.07, 6.45) is 1.35. The van der Waals surface area contributed by atoms with Gasteiger partial charge in [0, 0.05) is 18.8 Å². The molecule has 3 nitrogen and oxygen atoms in total. The number of benzene rings is 3. The van der Waals surface area contributed by atoms with Crippen LogP contribution in [0.25, 0.3) is 21.7 Å². The maximum Gasteiger partial charge on any atom is 0.337 e. The van der Waals surface area contributed by atoms with Crippen molar-refractivity contribution in [2.45, 2.75) is 6.54 Å². The average molecular weight is 337 g/mol. The van der Waals surface area contributed by atoms with Crippen LogP contribution >= 0.6 is 0 Å².